The zero-order valence-corrected chi connectivity index (χ0v) is 4.89. The molecule has 0 amide bonds. The van der Waals surface area contributed by atoms with Crippen molar-refractivity contribution in [1.82, 2.24) is 5.32 Å². The van der Waals surface area contributed by atoms with Crippen LogP contribution in [0.1, 0.15) is 6.92 Å². The summed E-state index contributed by atoms with van der Waals surface area (Å²) in [7, 11) is 0. The Kier molecular flexibility index (Phi) is 1.24. The fraction of sp³-hybridized carbons (Fsp3) is 0.333. The molecule has 0 saturated heterocycles. The Morgan fingerprint density at radius 3 is 2.88 bits per heavy atom. The second-order valence-electron chi connectivity index (χ2n) is 1.91. The summed E-state index contributed by atoms with van der Waals surface area (Å²) in [5.41, 5.74) is 6.42. The van der Waals surface area contributed by atoms with Crippen LogP contribution in [0.25, 0.3) is 0 Å². The molecule has 0 aromatic heterocycles. The summed E-state index contributed by atoms with van der Waals surface area (Å²) < 4.78 is 0. The molecule has 3 N–H and O–H groups in total. The van der Waals surface area contributed by atoms with Crippen molar-refractivity contribution in [3.63, 3.8) is 0 Å². The van der Waals surface area contributed by atoms with Gasteiger partial charge < -0.3 is 11.1 Å². The molecule has 8 heavy (non-hydrogen) atoms. The van der Waals surface area contributed by atoms with Crippen LogP contribution in [0, 0.1) is 0 Å². The van der Waals surface area contributed by atoms with E-state index in [0.717, 1.165) is 5.70 Å². The van der Waals surface area contributed by atoms with Crippen molar-refractivity contribution in [2.45, 2.75) is 13.0 Å². The molecule has 44 valence electrons. The van der Waals surface area contributed by atoms with E-state index in [9.17, 15) is 0 Å². The summed E-state index contributed by atoms with van der Waals surface area (Å²) in [6.45, 7) is 2.02. The van der Waals surface area contributed by atoms with Crippen molar-refractivity contribution in [2.75, 3.05) is 0 Å². The van der Waals surface area contributed by atoms with Gasteiger partial charge in [-0.2, -0.15) is 0 Å². The second kappa shape index (κ2) is 1.90. The highest BCUT2D eigenvalue weighted by molar-refractivity contribution is 5.18. The molecule has 0 aromatic carbocycles. The molecule has 1 rings (SSSR count). The summed E-state index contributed by atoms with van der Waals surface area (Å²) in [4.78, 5) is 0. The Labute approximate surface area is 49.1 Å². The molecule has 0 bridgehead atoms. The maximum atomic E-state index is 5.53. The maximum Gasteiger partial charge on any atom is 0.0624 e. The largest absolute Gasteiger partial charge is 0.400 e. The van der Waals surface area contributed by atoms with Crippen molar-refractivity contribution in [3.8, 4) is 0 Å². The van der Waals surface area contributed by atoms with Gasteiger partial charge in [0.05, 0.1) is 6.04 Å². The molecule has 0 radical (unpaired) electrons. The smallest absolute Gasteiger partial charge is 0.0624 e. The first-order chi connectivity index (χ1) is 3.80. The molecular weight excluding hydrogens is 100 g/mol. The molecular formula is C6H10N2. The van der Waals surface area contributed by atoms with E-state index < -0.39 is 0 Å². The topological polar surface area (TPSA) is 38.0 Å². The highest BCUT2D eigenvalue weighted by Gasteiger charge is 2.01. The summed E-state index contributed by atoms with van der Waals surface area (Å²) in [5.74, 6) is 0. The number of rotatable bonds is 0. The van der Waals surface area contributed by atoms with Crippen LogP contribution in [-0.4, -0.2) is 6.04 Å². The van der Waals surface area contributed by atoms with Crippen LogP contribution in [0.15, 0.2) is 24.0 Å². The van der Waals surface area contributed by atoms with Crippen LogP contribution in [0.3, 0.4) is 0 Å². The third kappa shape index (κ3) is 0.832. The molecule has 0 saturated carbocycles. The summed E-state index contributed by atoms with van der Waals surface area (Å²) in [6.07, 6.45) is 5.69. The van der Waals surface area contributed by atoms with Gasteiger partial charge in [0.1, 0.15) is 0 Å². The third-order valence-corrected chi connectivity index (χ3v) is 1.23. The van der Waals surface area contributed by atoms with Crippen LogP contribution in [-0.2, 0) is 0 Å². The monoisotopic (exact) mass is 110 g/mol. The second-order valence-corrected chi connectivity index (χ2v) is 1.91. The average molecular weight is 110 g/mol. The van der Waals surface area contributed by atoms with Gasteiger partial charge in [-0.05, 0) is 25.3 Å². The van der Waals surface area contributed by atoms with Crippen LogP contribution in [0.5, 0.6) is 0 Å². The highest BCUT2D eigenvalue weighted by atomic mass is 14.9. The quantitative estimate of drug-likeness (QED) is 0.471. The Morgan fingerprint density at radius 1 is 1.75 bits per heavy atom. The SMILES string of the molecule is CC1NC=CC=C1N. The van der Waals surface area contributed by atoms with Gasteiger partial charge in [0.2, 0.25) is 0 Å². The van der Waals surface area contributed by atoms with Crippen molar-refractivity contribution in [3.05, 3.63) is 24.0 Å². The van der Waals surface area contributed by atoms with Gasteiger partial charge in [-0.3, -0.25) is 0 Å². The lowest BCUT2D eigenvalue weighted by Gasteiger charge is -2.14. The van der Waals surface area contributed by atoms with E-state index in [0.29, 0.717) is 6.04 Å². The summed E-state index contributed by atoms with van der Waals surface area (Å²) >= 11 is 0. The minimum absolute atomic E-state index is 0.306. The van der Waals surface area contributed by atoms with Gasteiger partial charge in [0, 0.05) is 5.70 Å². The minimum Gasteiger partial charge on any atom is -0.400 e. The number of hydrogen-bond acceptors (Lipinski definition) is 2. The molecule has 0 spiro atoms. The molecule has 2 heteroatoms. The van der Waals surface area contributed by atoms with Crippen LogP contribution in [0.4, 0.5) is 0 Å². The van der Waals surface area contributed by atoms with Crippen molar-refractivity contribution in [1.29, 1.82) is 0 Å². The van der Waals surface area contributed by atoms with E-state index in [1.54, 1.807) is 0 Å². The minimum atomic E-state index is 0.306. The summed E-state index contributed by atoms with van der Waals surface area (Å²) in [5, 5.41) is 3.06. The van der Waals surface area contributed by atoms with Crippen molar-refractivity contribution >= 4 is 0 Å². The predicted octanol–water partition coefficient (Wildman–Crippen LogP) is 0.334. The molecule has 0 fully saturated rings. The average Bonchev–Trinajstić information content (AvgIpc) is 1.77. The Hall–Kier alpha value is -0.920. The van der Waals surface area contributed by atoms with E-state index in [-0.39, 0.29) is 0 Å². The van der Waals surface area contributed by atoms with Gasteiger partial charge in [0.25, 0.3) is 0 Å². The first-order valence-corrected chi connectivity index (χ1v) is 2.69. The molecule has 0 aromatic rings. The predicted molar refractivity (Wildman–Crippen MR) is 34.0 cm³/mol. The lowest BCUT2D eigenvalue weighted by Crippen LogP contribution is -2.28. The fourth-order valence-electron chi connectivity index (χ4n) is 0.600. The molecule has 2 nitrogen and oxygen atoms in total. The van der Waals surface area contributed by atoms with Crippen LogP contribution in [0.2, 0.25) is 0 Å². The molecule has 1 heterocycles. The first-order valence-electron chi connectivity index (χ1n) is 2.69. The fourth-order valence-corrected chi connectivity index (χ4v) is 0.600. The van der Waals surface area contributed by atoms with E-state index in [1.165, 1.54) is 0 Å². The molecule has 1 unspecified atom stereocenters. The maximum absolute atomic E-state index is 5.53. The zero-order valence-electron chi connectivity index (χ0n) is 4.89. The number of allylic oxidation sites excluding steroid dienone is 2. The number of nitrogens with one attached hydrogen (secondary N) is 1. The molecule has 0 aliphatic carbocycles. The standard InChI is InChI=1S/C6H10N2/c1-5-6(7)3-2-4-8-5/h2-5,8H,7H2,1H3. The Morgan fingerprint density at radius 2 is 2.50 bits per heavy atom. The van der Waals surface area contributed by atoms with E-state index >= 15 is 0 Å². The lowest BCUT2D eigenvalue weighted by atomic mass is 10.2. The van der Waals surface area contributed by atoms with Gasteiger partial charge in [-0.25, -0.2) is 0 Å². The lowest BCUT2D eigenvalue weighted by molar-refractivity contribution is 0.710. The van der Waals surface area contributed by atoms with E-state index in [2.05, 4.69) is 5.32 Å². The Bertz CT molecular complexity index is 135. The van der Waals surface area contributed by atoms with Crippen molar-refractivity contribution < 1.29 is 0 Å². The third-order valence-electron chi connectivity index (χ3n) is 1.23. The number of nitrogens with two attached hydrogens (primary N) is 1. The van der Waals surface area contributed by atoms with E-state index in [1.807, 2.05) is 25.3 Å². The van der Waals surface area contributed by atoms with Gasteiger partial charge in [-0.15, -0.1) is 0 Å². The summed E-state index contributed by atoms with van der Waals surface area (Å²) in [6, 6.07) is 0.306. The zero-order chi connectivity index (χ0) is 5.98. The van der Waals surface area contributed by atoms with Crippen LogP contribution < -0.4 is 11.1 Å². The van der Waals surface area contributed by atoms with Crippen LogP contribution >= 0.6 is 0 Å². The number of dihydropyridines is 1. The number of hydrogen-bond donors (Lipinski definition) is 2. The first kappa shape index (κ1) is 5.22. The van der Waals surface area contributed by atoms with Gasteiger partial charge in [-0.1, -0.05) is 0 Å². The van der Waals surface area contributed by atoms with Gasteiger partial charge in [0.15, 0.2) is 0 Å². The molecule has 1 aliphatic heterocycles. The Balaban J connectivity index is 2.66. The normalized spacial score (nSPS) is 26.6. The van der Waals surface area contributed by atoms with Gasteiger partial charge >= 0.3 is 0 Å². The van der Waals surface area contributed by atoms with E-state index in [4.69, 9.17) is 5.73 Å². The van der Waals surface area contributed by atoms with Crippen molar-refractivity contribution in [2.24, 2.45) is 5.73 Å². The molecule has 1 atom stereocenters. The molecule has 1 aliphatic rings. The highest BCUT2D eigenvalue weighted by Crippen LogP contribution is 1.97.